The number of carbonyl (C=O) groups is 1. The molecular weight excluding hydrogens is 328 g/mol. The highest BCUT2D eigenvalue weighted by atomic mass is 16.6. The van der Waals surface area contributed by atoms with E-state index in [1.54, 1.807) is 12.1 Å². The number of nitrogens with zero attached hydrogens (tertiary/aromatic N) is 1. The number of aryl methyl sites for hydroxylation is 1. The molecule has 2 N–H and O–H groups in total. The number of hydrogen-bond donors (Lipinski definition) is 1. The molecule has 0 aliphatic carbocycles. The third kappa shape index (κ3) is 6.67. The molecule has 0 unspecified atom stereocenters. The van der Waals surface area contributed by atoms with Gasteiger partial charge in [-0.1, -0.05) is 59.4 Å². The Bertz CT molecular complexity index is 753. The van der Waals surface area contributed by atoms with Gasteiger partial charge in [0.25, 0.3) is 5.69 Å². The van der Waals surface area contributed by atoms with E-state index < -0.39 is 0 Å². The monoisotopic (exact) mass is 358 g/mol. The molecule has 0 atom stereocenters. The SMILES string of the molecule is C.CC(C)c1cccc([N+](=O)[O-])c1.Cc1ccc(C(C)C)cc1C(N)=O. The highest BCUT2D eigenvalue weighted by molar-refractivity contribution is 5.94. The van der Waals surface area contributed by atoms with Crippen LogP contribution in [0.25, 0.3) is 0 Å². The molecule has 0 aliphatic rings. The average Bonchev–Trinajstić information content (AvgIpc) is 2.55. The molecule has 5 heteroatoms. The summed E-state index contributed by atoms with van der Waals surface area (Å²) in [6.45, 7) is 10.1. The summed E-state index contributed by atoms with van der Waals surface area (Å²) >= 11 is 0. The molecule has 0 heterocycles. The molecule has 0 aromatic heterocycles. The molecule has 2 aromatic carbocycles. The lowest BCUT2D eigenvalue weighted by Gasteiger charge is -2.08. The molecule has 0 bridgehead atoms. The van der Waals surface area contributed by atoms with Gasteiger partial charge >= 0.3 is 0 Å². The van der Waals surface area contributed by atoms with Crippen LogP contribution in [0.15, 0.2) is 42.5 Å². The van der Waals surface area contributed by atoms with E-state index in [4.69, 9.17) is 5.73 Å². The quantitative estimate of drug-likeness (QED) is 0.572. The molecule has 0 aliphatic heterocycles. The fourth-order valence-electron chi connectivity index (χ4n) is 2.26. The minimum Gasteiger partial charge on any atom is -0.366 e. The molecule has 2 rings (SSSR count). The molecular formula is C21H30N2O3. The van der Waals surface area contributed by atoms with Gasteiger partial charge in [-0.15, -0.1) is 0 Å². The first kappa shape index (κ1) is 23.3. The van der Waals surface area contributed by atoms with Gasteiger partial charge in [-0.2, -0.15) is 0 Å². The predicted octanol–water partition coefficient (Wildman–Crippen LogP) is 5.57. The van der Waals surface area contributed by atoms with Gasteiger partial charge in [0.15, 0.2) is 0 Å². The Balaban J connectivity index is 0.000000464. The Hall–Kier alpha value is -2.69. The van der Waals surface area contributed by atoms with Crippen LogP contribution in [0.2, 0.25) is 0 Å². The van der Waals surface area contributed by atoms with Crippen LogP contribution in [0, 0.1) is 17.0 Å². The number of non-ortho nitro benzene ring substituents is 1. The Kier molecular flexibility index (Phi) is 9.27. The minimum absolute atomic E-state index is 0. The molecule has 0 radical (unpaired) electrons. The number of carbonyl (C=O) groups excluding carboxylic acids is 1. The highest BCUT2D eigenvalue weighted by Gasteiger charge is 2.08. The van der Waals surface area contributed by atoms with E-state index in [9.17, 15) is 14.9 Å². The van der Waals surface area contributed by atoms with E-state index in [1.165, 1.54) is 6.07 Å². The zero-order chi connectivity index (χ0) is 19.1. The summed E-state index contributed by atoms with van der Waals surface area (Å²) < 4.78 is 0. The first-order valence-corrected chi connectivity index (χ1v) is 8.28. The normalized spacial score (nSPS) is 9.96. The fraction of sp³-hybridized carbons (Fsp3) is 0.381. The van der Waals surface area contributed by atoms with Crippen molar-refractivity contribution >= 4 is 11.6 Å². The third-order valence-corrected chi connectivity index (χ3v) is 3.94. The smallest absolute Gasteiger partial charge is 0.269 e. The molecule has 0 saturated heterocycles. The van der Waals surface area contributed by atoms with Crippen LogP contribution in [0.1, 0.15) is 74.0 Å². The van der Waals surface area contributed by atoms with Gasteiger partial charge < -0.3 is 5.73 Å². The van der Waals surface area contributed by atoms with Gasteiger partial charge in [-0.05, 0) is 41.5 Å². The summed E-state index contributed by atoms with van der Waals surface area (Å²) in [4.78, 5) is 21.0. The van der Waals surface area contributed by atoms with Crippen molar-refractivity contribution in [3.05, 3.63) is 74.8 Å². The third-order valence-electron chi connectivity index (χ3n) is 3.94. The number of hydrogen-bond acceptors (Lipinski definition) is 3. The summed E-state index contributed by atoms with van der Waals surface area (Å²) in [7, 11) is 0. The number of amides is 1. The standard InChI is InChI=1S/C11H15NO.C9H11NO2.CH4/c1-7(2)9-5-4-8(3)10(6-9)11(12)13;1-7(2)8-4-3-5-9(6-8)10(11)12;/h4-7H,1-3H3,(H2,12,13);3-7H,1-2H3;1H4. The van der Waals surface area contributed by atoms with Crippen molar-refractivity contribution in [2.24, 2.45) is 5.73 Å². The van der Waals surface area contributed by atoms with Gasteiger partial charge in [0.1, 0.15) is 0 Å². The second-order valence-electron chi connectivity index (χ2n) is 6.60. The largest absolute Gasteiger partial charge is 0.366 e. The molecule has 0 spiro atoms. The van der Waals surface area contributed by atoms with E-state index in [1.807, 2.05) is 45.0 Å². The van der Waals surface area contributed by atoms with Crippen LogP contribution < -0.4 is 5.73 Å². The fourth-order valence-corrected chi connectivity index (χ4v) is 2.26. The van der Waals surface area contributed by atoms with Crippen LogP contribution in [-0.2, 0) is 0 Å². The summed E-state index contributed by atoms with van der Waals surface area (Å²) in [6.07, 6.45) is 0. The van der Waals surface area contributed by atoms with Crippen molar-refractivity contribution in [3.63, 3.8) is 0 Å². The predicted molar refractivity (Wildman–Crippen MR) is 108 cm³/mol. The summed E-state index contributed by atoms with van der Waals surface area (Å²) in [5, 5.41) is 10.4. The number of benzene rings is 2. The number of nitro groups is 1. The lowest BCUT2D eigenvalue weighted by Crippen LogP contribution is -2.13. The maximum atomic E-state index is 11.0. The number of primary amides is 1. The van der Waals surface area contributed by atoms with Gasteiger partial charge in [0, 0.05) is 17.7 Å². The van der Waals surface area contributed by atoms with E-state index in [0.29, 0.717) is 17.4 Å². The molecule has 2 aromatic rings. The topological polar surface area (TPSA) is 86.2 Å². The van der Waals surface area contributed by atoms with Crippen molar-refractivity contribution in [2.45, 2.75) is 53.9 Å². The maximum absolute atomic E-state index is 11.0. The number of rotatable bonds is 4. The zero-order valence-corrected chi connectivity index (χ0v) is 15.4. The molecule has 0 saturated carbocycles. The molecule has 1 amide bonds. The Morgan fingerprint density at radius 1 is 1.00 bits per heavy atom. The lowest BCUT2D eigenvalue weighted by atomic mass is 9.98. The van der Waals surface area contributed by atoms with E-state index in [0.717, 1.165) is 16.7 Å². The van der Waals surface area contributed by atoms with Gasteiger partial charge in [-0.25, -0.2) is 0 Å². The Morgan fingerprint density at radius 3 is 2.00 bits per heavy atom. The van der Waals surface area contributed by atoms with Gasteiger partial charge in [-0.3, -0.25) is 14.9 Å². The Labute approximate surface area is 156 Å². The number of nitro benzene ring substituents is 1. The highest BCUT2D eigenvalue weighted by Crippen LogP contribution is 2.19. The molecule has 5 nitrogen and oxygen atoms in total. The van der Waals surface area contributed by atoms with E-state index in [2.05, 4.69) is 13.8 Å². The van der Waals surface area contributed by atoms with Gasteiger partial charge in [0.05, 0.1) is 4.92 Å². The summed E-state index contributed by atoms with van der Waals surface area (Å²) in [5.74, 6) is 0.420. The second-order valence-corrected chi connectivity index (χ2v) is 6.60. The van der Waals surface area contributed by atoms with Crippen LogP contribution in [0.5, 0.6) is 0 Å². The Morgan fingerprint density at radius 2 is 1.54 bits per heavy atom. The maximum Gasteiger partial charge on any atom is 0.269 e. The second kappa shape index (κ2) is 10.3. The van der Waals surface area contributed by atoms with E-state index in [-0.39, 0.29) is 23.9 Å². The van der Waals surface area contributed by atoms with Crippen molar-refractivity contribution < 1.29 is 9.72 Å². The van der Waals surface area contributed by atoms with Crippen LogP contribution in [-0.4, -0.2) is 10.8 Å². The van der Waals surface area contributed by atoms with E-state index >= 15 is 0 Å². The lowest BCUT2D eigenvalue weighted by molar-refractivity contribution is -0.384. The van der Waals surface area contributed by atoms with Gasteiger partial charge in [0.2, 0.25) is 5.91 Å². The summed E-state index contributed by atoms with van der Waals surface area (Å²) in [6, 6.07) is 12.6. The van der Waals surface area contributed by atoms with Crippen molar-refractivity contribution in [2.75, 3.05) is 0 Å². The van der Waals surface area contributed by atoms with Crippen molar-refractivity contribution in [3.8, 4) is 0 Å². The van der Waals surface area contributed by atoms with Crippen molar-refractivity contribution in [1.29, 1.82) is 0 Å². The van der Waals surface area contributed by atoms with Crippen molar-refractivity contribution in [1.82, 2.24) is 0 Å². The van der Waals surface area contributed by atoms with Crippen LogP contribution in [0.3, 0.4) is 0 Å². The minimum atomic E-state index is -0.369. The molecule has 26 heavy (non-hydrogen) atoms. The molecule has 142 valence electrons. The first-order chi connectivity index (χ1) is 11.6. The first-order valence-electron chi connectivity index (χ1n) is 8.28. The molecule has 0 fully saturated rings. The van der Waals surface area contributed by atoms with Crippen LogP contribution >= 0.6 is 0 Å². The summed E-state index contributed by atoms with van der Waals surface area (Å²) in [5.41, 5.74) is 9.14. The number of nitrogens with two attached hydrogens (primary N) is 1. The average molecular weight is 358 g/mol. The van der Waals surface area contributed by atoms with Crippen LogP contribution in [0.4, 0.5) is 5.69 Å². The zero-order valence-electron chi connectivity index (χ0n) is 15.4.